The lowest BCUT2D eigenvalue weighted by Crippen LogP contribution is -1.94. The predicted molar refractivity (Wildman–Crippen MR) is 50.4 cm³/mol. The molecule has 1 rings (SSSR count). The fraction of sp³-hybridized carbons (Fsp3) is 0.286. The molecule has 66 valence electrons. The van der Waals surface area contributed by atoms with E-state index in [-0.39, 0.29) is 5.88 Å². The molecular formula is C7H6Cl3NO. The molecule has 0 saturated heterocycles. The molecule has 0 unspecified atom stereocenters. The molecule has 1 aromatic heterocycles. The van der Waals surface area contributed by atoms with Gasteiger partial charge >= 0.3 is 0 Å². The van der Waals surface area contributed by atoms with Gasteiger partial charge in [0.1, 0.15) is 5.02 Å². The van der Waals surface area contributed by atoms with E-state index < -0.39 is 0 Å². The van der Waals surface area contributed by atoms with Crippen LogP contribution in [0.4, 0.5) is 0 Å². The van der Waals surface area contributed by atoms with Gasteiger partial charge in [-0.05, 0) is 0 Å². The van der Waals surface area contributed by atoms with Gasteiger partial charge in [0.05, 0.1) is 23.7 Å². The van der Waals surface area contributed by atoms with E-state index >= 15 is 0 Å². The van der Waals surface area contributed by atoms with Gasteiger partial charge in [-0.25, -0.2) is 0 Å². The first kappa shape index (κ1) is 9.90. The number of hydrogen-bond acceptors (Lipinski definition) is 2. The van der Waals surface area contributed by atoms with Crippen LogP contribution in [-0.4, -0.2) is 12.1 Å². The average Bonchev–Trinajstić information content (AvgIpc) is 2.09. The third-order valence-electron chi connectivity index (χ3n) is 1.34. The lowest BCUT2D eigenvalue weighted by Gasteiger charge is -2.07. The van der Waals surface area contributed by atoms with Gasteiger partial charge in [0, 0.05) is 6.20 Å². The van der Waals surface area contributed by atoms with Crippen molar-refractivity contribution in [3.05, 3.63) is 21.9 Å². The third kappa shape index (κ3) is 1.76. The van der Waals surface area contributed by atoms with E-state index in [1.165, 1.54) is 13.3 Å². The summed E-state index contributed by atoms with van der Waals surface area (Å²) >= 11 is 17.1. The quantitative estimate of drug-likeness (QED) is 0.723. The first-order chi connectivity index (χ1) is 5.70. The molecule has 0 aromatic carbocycles. The number of aromatic nitrogens is 1. The summed E-state index contributed by atoms with van der Waals surface area (Å²) in [5.41, 5.74) is 0.591. The average molecular weight is 226 g/mol. The van der Waals surface area contributed by atoms with E-state index in [1.807, 2.05) is 0 Å². The van der Waals surface area contributed by atoms with E-state index in [4.69, 9.17) is 39.5 Å². The standard InChI is InChI=1S/C7H6Cl3NO/c1-12-7-5(2-8)11-3-4(9)6(7)10/h3H,2H2,1H3. The number of alkyl halides is 1. The van der Waals surface area contributed by atoms with Gasteiger partial charge in [-0.3, -0.25) is 4.98 Å². The van der Waals surface area contributed by atoms with E-state index in [0.717, 1.165) is 0 Å². The maximum absolute atomic E-state index is 5.82. The van der Waals surface area contributed by atoms with Gasteiger partial charge in [0.2, 0.25) is 0 Å². The zero-order valence-corrected chi connectivity index (χ0v) is 8.54. The highest BCUT2D eigenvalue weighted by Crippen LogP contribution is 2.33. The molecule has 1 aromatic rings. The molecule has 2 nitrogen and oxygen atoms in total. The fourth-order valence-electron chi connectivity index (χ4n) is 0.788. The summed E-state index contributed by atoms with van der Waals surface area (Å²) in [5, 5.41) is 0.715. The second-order valence-electron chi connectivity index (χ2n) is 2.03. The fourth-order valence-corrected chi connectivity index (χ4v) is 1.35. The Labute approximate surface area is 85.4 Å². The zero-order valence-electron chi connectivity index (χ0n) is 6.27. The molecule has 0 saturated carbocycles. The molecule has 5 heteroatoms. The lowest BCUT2D eigenvalue weighted by molar-refractivity contribution is 0.409. The molecule has 12 heavy (non-hydrogen) atoms. The van der Waals surface area contributed by atoms with Crippen LogP contribution in [0.1, 0.15) is 5.69 Å². The maximum Gasteiger partial charge on any atom is 0.161 e. The number of nitrogens with zero attached hydrogens (tertiary/aromatic N) is 1. The summed E-state index contributed by atoms with van der Waals surface area (Å²) in [6.07, 6.45) is 1.45. The first-order valence-corrected chi connectivity index (χ1v) is 4.42. The van der Waals surface area contributed by atoms with Gasteiger partial charge in [-0.1, -0.05) is 23.2 Å². The van der Waals surface area contributed by atoms with Crippen LogP contribution in [0.25, 0.3) is 0 Å². The molecule has 0 bridgehead atoms. The van der Waals surface area contributed by atoms with E-state index in [1.54, 1.807) is 0 Å². The minimum absolute atomic E-state index is 0.250. The van der Waals surface area contributed by atoms with Gasteiger partial charge in [-0.15, -0.1) is 11.6 Å². The van der Waals surface area contributed by atoms with Crippen molar-refractivity contribution >= 4 is 34.8 Å². The minimum Gasteiger partial charge on any atom is -0.493 e. The monoisotopic (exact) mass is 225 g/mol. The van der Waals surface area contributed by atoms with Crippen LogP contribution in [0.15, 0.2) is 6.20 Å². The van der Waals surface area contributed by atoms with Gasteiger partial charge in [0.25, 0.3) is 0 Å². The molecule has 0 amide bonds. The summed E-state index contributed by atoms with van der Waals surface area (Å²) in [6.45, 7) is 0. The number of ether oxygens (including phenoxy) is 1. The maximum atomic E-state index is 5.82. The third-order valence-corrected chi connectivity index (χ3v) is 2.35. The van der Waals surface area contributed by atoms with E-state index in [2.05, 4.69) is 4.98 Å². The number of pyridine rings is 1. The van der Waals surface area contributed by atoms with Crippen LogP contribution in [0.5, 0.6) is 5.75 Å². The van der Waals surface area contributed by atoms with Crippen molar-refractivity contribution in [1.29, 1.82) is 0 Å². The van der Waals surface area contributed by atoms with Crippen LogP contribution in [0.3, 0.4) is 0 Å². The Morgan fingerprint density at radius 2 is 2.17 bits per heavy atom. The van der Waals surface area contributed by atoms with Crippen LogP contribution in [0, 0.1) is 0 Å². The van der Waals surface area contributed by atoms with E-state index in [9.17, 15) is 0 Å². The van der Waals surface area contributed by atoms with Crippen molar-refractivity contribution in [2.24, 2.45) is 0 Å². The number of methoxy groups -OCH3 is 1. The largest absolute Gasteiger partial charge is 0.493 e. The van der Waals surface area contributed by atoms with Crippen LogP contribution < -0.4 is 4.74 Å². The summed E-state index contributed by atoms with van der Waals surface area (Å²) in [6, 6.07) is 0. The second-order valence-corrected chi connectivity index (χ2v) is 3.09. The Morgan fingerprint density at radius 3 is 2.67 bits per heavy atom. The molecule has 0 aliphatic rings. The zero-order chi connectivity index (χ0) is 9.14. The summed E-state index contributed by atoms with van der Waals surface area (Å²) in [4.78, 5) is 3.96. The predicted octanol–water partition coefficient (Wildman–Crippen LogP) is 3.14. The number of hydrogen-bond donors (Lipinski definition) is 0. The van der Waals surface area contributed by atoms with Crippen molar-refractivity contribution < 1.29 is 4.74 Å². The topological polar surface area (TPSA) is 22.1 Å². The van der Waals surface area contributed by atoms with E-state index in [0.29, 0.717) is 21.5 Å². The first-order valence-electron chi connectivity index (χ1n) is 3.13. The summed E-state index contributed by atoms with van der Waals surface area (Å²) in [5.74, 6) is 0.694. The Morgan fingerprint density at radius 1 is 1.50 bits per heavy atom. The number of halogens is 3. The molecule has 0 fully saturated rings. The SMILES string of the molecule is COc1c(CCl)ncc(Cl)c1Cl. The highest BCUT2D eigenvalue weighted by molar-refractivity contribution is 6.42. The molecule has 0 atom stereocenters. The molecule has 0 spiro atoms. The Kier molecular flexibility index (Phi) is 3.44. The molecule has 0 radical (unpaired) electrons. The van der Waals surface area contributed by atoms with Crippen molar-refractivity contribution in [2.45, 2.75) is 5.88 Å². The normalized spacial score (nSPS) is 10.0. The minimum atomic E-state index is 0.250. The summed E-state index contributed by atoms with van der Waals surface area (Å²) in [7, 11) is 1.50. The Hall–Kier alpha value is -0.180. The highest BCUT2D eigenvalue weighted by atomic mass is 35.5. The molecule has 0 aliphatic carbocycles. The molecular weight excluding hydrogens is 220 g/mol. The van der Waals surface area contributed by atoms with Crippen molar-refractivity contribution in [1.82, 2.24) is 4.98 Å². The number of rotatable bonds is 2. The highest BCUT2D eigenvalue weighted by Gasteiger charge is 2.11. The van der Waals surface area contributed by atoms with Crippen LogP contribution in [-0.2, 0) is 5.88 Å². The van der Waals surface area contributed by atoms with Gasteiger partial charge in [0.15, 0.2) is 5.75 Å². The van der Waals surface area contributed by atoms with Crippen LogP contribution in [0.2, 0.25) is 10.0 Å². The lowest BCUT2D eigenvalue weighted by atomic mass is 10.3. The molecule has 0 aliphatic heterocycles. The Balaban J connectivity index is 3.25. The smallest absolute Gasteiger partial charge is 0.161 e. The molecule has 1 heterocycles. The van der Waals surface area contributed by atoms with Crippen molar-refractivity contribution in [3.8, 4) is 5.75 Å². The van der Waals surface area contributed by atoms with Crippen molar-refractivity contribution in [3.63, 3.8) is 0 Å². The molecule has 0 N–H and O–H groups in total. The van der Waals surface area contributed by atoms with Crippen molar-refractivity contribution in [2.75, 3.05) is 7.11 Å². The second kappa shape index (κ2) is 4.17. The summed E-state index contributed by atoms with van der Waals surface area (Å²) < 4.78 is 4.98. The Bertz CT molecular complexity index is 290. The van der Waals surface area contributed by atoms with Gasteiger partial charge in [-0.2, -0.15) is 0 Å². The van der Waals surface area contributed by atoms with Gasteiger partial charge < -0.3 is 4.74 Å². The van der Waals surface area contributed by atoms with Crippen LogP contribution >= 0.6 is 34.8 Å².